The minimum atomic E-state index is -5.06. The first kappa shape index (κ1) is 47.2. The zero-order valence-corrected chi connectivity index (χ0v) is 38.9. The van der Waals surface area contributed by atoms with Gasteiger partial charge in [0, 0.05) is 25.6 Å². The first-order chi connectivity index (χ1) is 33.4. The number of phosphoric acid groups is 2. The zero-order chi connectivity index (χ0) is 47.9. The highest BCUT2D eigenvalue weighted by Crippen LogP contribution is 2.54. The van der Waals surface area contributed by atoms with E-state index in [4.69, 9.17) is 39.0 Å². The molecule has 5 heterocycles. The van der Waals surface area contributed by atoms with Gasteiger partial charge >= 0.3 is 21.3 Å². The highest BCUT2D eigenvalue weighted by molar-refractivity contribution is 7.48. The second-order valence-corrected chi connectivity index (χ2v) is 20.0. The molecule has 2 fully saturated rings. The molecule has 23 heteroatoms. The summed E-state index contributed by atoms with van der Waals surface area (Å²) < 4.78 is 64.4. The van der Waals surface area contributed by atoms with Gasteiger partial charge in [-0.3, -0.25) is 27.2 Å². The Hall–Kier alpha value is -5.51. The van der Waals surface area contributed by atoms with Gasteiger partial charge in [-0.15, -0.1) is 0 Å². The van der Waals surface area contributed by atoms with Crippen molar-refractivity contribution in [3.8, 4) is 0 Å². The summed E-state index contributed by atoms with van der Waals surface area (Å²) in [5.74, 6) is 0.127. The Morgan fingerprint density at radius 2 is 1.43 bits per heavy atom. The monoisotopic (exact) mass is 983 g/mol. The largest absolute Gasteiger partial charge is 0.475 e. The Balaban J connectivity index is 0.781. The number of phosphoric ester groups is 2. The van der Waals surface area contributed by atoms with Crippen molar-refractivity contribution in [3.05, 3.63) is 108 Å². The molecule has 0 radical (unpaired) electrons. The number of fused-ring (bicyclic) bond motifs is 3. The fourth-order valence-corrected chi connectivity index (χ4v) is 11.6. The topological polar surface area (TPSA) is 293 Å². The van der Waals surface area contributed by atoms with Gasteiger partial charge in [0.2, 0.25) is 0 Å². The van der Waals surface area contributed by atoms with E-state index in [0.29, 0.717) is 25.0 Å². The quantitative estimate of drug-likeness (QED) is 0.0214. The molecule has 0 spiro atoms. The summed E-state index contributed by atoms with van der Waals surface area (Å²) in [5, 5.41) is 23.9. The second-order valence-electron chi connectivity index (χ2n) is 17.2. The standard InChI is InChI=1S/C46H51N9O12P2/c47-38-16-18-54(46(57)53-38)39-20-34(36(23-56)64-39)67-69(61,63-24-37-35(66-68(58,59)60)21-40(65-37)55-26-52-43-44(48)50-25-51-45(43)55)62-19-4-2-1-3-17-49-22-28-14-15-33-31-12-6-9-27-8-5-11-30(41(27)31)32-13-7-10-29(28)42(32)33/h5-16,18,25-26,34-37,39-40,49,56H,1-4,17,19-24H2,(H2,47,53,57)(H2,48,50,51)(H2,58,59,60)/t34-,35-,36+,37+,39+,40+,69?/m0/s1. The predicted octanol–water partition coefficient (Wildman–Crippen LogP) is 6.22. The Morgan fingerprint density at radius 1 is 0.754 bits per heavy atom. The zero-order valence-electron chi connectivity index (χ0n) is 37.2. The van der Waals surface area contributed by atoms with Crippen LogP contribution in [0.15, 0.2) is 96.4 Å². The first-order valence-electron chi connectivity index (χ1n) is 22.6. The third kappa shape index (κ3) is 9.83. The highest BCUT2D eigenvalue weighted by Gasteiger charge is 2.46. The Kier molecular flexibility index (Phi) is 13.5. The number of ether oxygens (including phenoxy) is 2. The van der Waals surface area contributed by atoms with Crippen molar-refractivity contribution in [1.82, 2.24) is 34.4 Å². The van der Waals surface area contributed by atoms with Gasteiger partial charge < -0.3 is 41.2 Å². The molecule has 2 aliphatic rings. The summed E-state index contributed by atoms with van der Waals surface area (Å²) in [5.41, 5.74) is 12.8. The van der Waals surface area contributed by atoms with E-state index in [0.717, 1.165) is 19.4 Å². The minimum Gasteiger partial charge on any atom is -0.394 e. The average molecular weight is 984 g/mol. The molecule has 0 amide bonds. The van der Waals surface area contributed by atoms with Crippen LogP contribution in [0, 0.1) is 0 Å². The fraction of sp³-hybridized carbons (Fsp3) is 0.370. The van der Waals surface area contributed by atoms with Crippen molar-refractivity contribution >= 4 is 81.5 Å². The number of anilines is 2. The van der Waals surface area contributed by atoms with Gasteiger partial charge in [0.25, 0.3) is 0 Å². The van der Waals surface area contributed by atoms with Gasteiger partial charge in [-0.05, 0) is 74.1 Å². The Morgan fingerprint density at radius 3 is 2.19 bits per heavy atom. The van der Waals surface area contributed by atoms with Gasteiger partial charge in [0.15, 0.2) is 11.5 Å². The first-order valence-corrected chi connectivity index (χ1v) is 25.6. The fourth-order valence-electron chi connectivity index (χ4n) is 9.57. The van der Waals surface area contributed by atoms with Crippen molar-refractivity contribution in [1.29, 1.82) is 0 Å². The van der Waals surface area contributed by atoms with Crippen LogP contribution in [0.4, 0.5) is 11.6 Å². The summed E-state index contributed by atoms with van der Waals surface area (Å²) in [6.07, 6.45) is 0.244. The lowest BCUT2D eigenvalue weighted by atomic mass is 9.88. The molecule has 3 aromatic heterocycles. The summed E-state index contributed by atoms with van der Waals surface area (Å²) >= 11 is 0. The van der Waals surface area contributed by atoms with E-state index in [1.54, 1.807) is 0 Å². The van der Waals surface area contributed by atoms with Crippen molar-refractivity contribution in [2.75, 3.05) is 37.8 Å². The van der Waals surface area contributed by atoms with Crippen LogP contribution in [0.25, 0.3) is 54.3 Å². The van der Waals surface area contributed by atoms with Gasteiger partial charge in [0.1, 0.15) is 54.5 Å². The number of rotatable bonds is 20. The van der Waals surface area contributed by atoms with E-state index in [-0.39, 0.29) is 36.6 Å². The van der Waals surface area contributed by atoms with E-state index in [9.17, 15) is 28.8 Å². The number of nitrogen functional groups attached to an aromatic ring is 2. The number of nitrogens with zero attached hydrogens (tertiary/aromatic N) is 6. The van der Waals surface area contributed by atoms with E-state index < -0.39 is 71.4 Å². The number of hydrogen-bond donors (Lipinski definition) is 6. The molecule has 69 heavy (non-hydrogen) atoms. The summed E-state index contributed by atoms with van der Waals surface area (Å²) in [6.45, 7) is 0.273. The molecule has 362 valence electrons. The van der Waals surface area contributed by atoms with E-state index in [2.05, 4.69) is 92.0 Å². The molecule has 8 N–H and O–H groups in total. The molecule has 0 saturated carbocycles. The Labute approximate surface area is 393 Å². The number of nitrogens with two attached hydrogens (primary N) is 2. The molecule has 1 unspecified atom stereocenters. The lowest BCUT2D eigenvalue weighted by Gasteiger charge is -2.25. The van der Waals surface area contributed by atoms with Crippen LogP contribution < -0.4 is 22.5 Å². The van der Waals surface area contributed by atoms with Gasteiger partial charge in [-0.2, -0.15) is 4.98 Å². The van der Waals surface area contributed by atoms with Gasteiger partial charge in [-0.25, -0.2) is 28.9 Å². The molecule has 0 bridgehead atoms. The second kappa shape index (κ2) is 19.7. The highest BCUT2D eigenvalue weighted by atomic mass is 31.2. The maximum absolute atomic E-state index is 14.6. The summed E-state index contributed by atoms with van der Waals surface area (Å²) in [4.78, 5) is 48.4. The summed E-state index contributed by atoms with van der Waals surface area (Å²) in [6, 6.07) is 25.4. The number of aromatic nitrogens is 6. The minimum absolute atomic E-state index is 0.00767. The summed E-state index contributed by atoms with van der Waals surface area (Å²) in [7, 11) is -9.64. The normalized spacial score (nSPS) is 22.0. The van der Waals surface area contributed by atoms with Crippen molar-refractivity contribution in [2.24, 2.45) is 0 Å². The molecule has 21 nitrogen and oxygen atoms in total. The van der Waals surface area contributed by atoms with Crippen LogP contribution in [0.1, 0.15) is 56.5 Å². The van der Waals surface area contributed by atoms with E-state index >= 15 is 0 Å². The molecule has 10 rings (SSSR count). The molecule has 2 aliphatic heterocycles. The molecular weight excluding hydrogens is 933 g/mol. The third-order valence-corrected chi connectivity index (χ3v) is 14.8. The maximum atomic E-state index is 14.6. The molecular formula is C46H51N9O12P2. The number of benzene rings is 5. The van der Waals surface area contributed by atoms with E-state index in [1.807, 2.05) is 0 Å². The van der Waals surface area contributed by atoms with Crippen LogP contribution >= 0.6 is 15.6 Å². The van der Waals surface area contributed by atoms with Gasteiger partial charge in [0.05, 0.1) is 26.1 Å². The van der Waals surface area contributed by atoms with E-state index in [1.165, 1.54) is 82.7 Å². The number of nitrogens with one attached hydrogen (secondary N) is 1. The van der Waals surface area contributed by atoms with Crippen LogP contribution in [0.3, 0.4) is 0 Å². The van der Waals surface area contributed by atoms with Crippen LogP contribution in [0.5, 0.6) is 0 Å². The third-order valence-electron chi connectivity index (χ3n) is 12.8. The van der Waals surface area contributed by atoms with Crippen molar-refractivity contribution < 1.29 is 51.6 Å². The molecule has 2 saturated heterocycles. The van der Waals surface area contributed by atoms with Crippen molar-refractivity contribution in [3.63, 3.8) is 0 Å². The lowest BCUT2D eigenvalue weighted by Crippen LogP contribution is -2.30. The lowest BCUT2D eigenvalue weighted by molar-refractivity contribution is -0.0586. The molecule has 7 atom stereocenters. The number of hydrogen-bond acceptors (Lipinski definition) is 17. The number of unbranched alkanes of at least 4 members (excludes halogenated alkanes) is 3. The SMILES string of the molecule is Nc1ccn([C@H]2C[C@H](OP(=O)(OCCCCCCNCc3ccc4c5cccc6cccc(c7cccc3c74)c65)OC[C@H]3O[C@@H](n4cnc5c(N)ncnc54)C[C@@H]3OP(=O)(O)O)[C@@H](CO)O2)c(=O)n1. The van der Waals surface area contributed by atoms with Crippen LogP contribution in [-0.4, -0.2) is 94.7 Å². The van der Waals surface area contributed by atoms with Crippen molar-refractivity contribution in [2.45, 2.75) is 81.9 Å². The number of aliphatic hydroxyl groups excluding tert-OH is 1. The maximum Gasteiger partial charge on any atom is 0.475 e. The van der Waals surface area contributed by atoms with Crippen LogP contribution in [0.2, 0.25) is 0 Å². The van der Waals surface area contributed by atoms with Gasteiger partial charge in [-0.1, -0.05) is 79.6 Å². The predicted molar refractivity (Wildman–Crippen MR) is 256 cm³/mol. The molecule has 0 aliphatic carbocycles. The number of imidazole rings is 1. The molecule has 8 aromatic rings. The number of aliphatic hydroxyl groups is 1. The smallest absolute Gasteiger partial charge is 0.394 e. The Bertz CT molecular complexity index is 3250. The molecule has 5 aromatic carbocycles. The average Bonchev–Trinajstić information content (AvgIpc) is 4.06. The van der Waals surface area contributed by atoms with Crippen LogP contribution in [-0.2, 0) is 43.2 Å².